The molecule has 0 aromatic heterocycles. The monoisotopic (exact) mass is 281 g/mol. The number of nitrogens with zero attached hydrogens (tertiary/aromatic N) is 1. The second-order valence-corrected chi connectivity index (χ2v) is 4.21. The lowest BCUT2D eigenvalue weighted by Gasteiger charge is -2.18. The van der Waals surface area contributed by atoms with E-state index in [1.54, 1.807) is 13.8 Å². The van der Waals surface area contributed by atoms with E-state index in [1.807, 2.05) is 0 Å². The summed E-state index contributed by atoms with van der Waals surface area (Å²) in [6.07, 6.45) is 0. The van der Waals surface area contributed by atoms with E-state index in [0.717, 1.165) is 0 Å². The van der Waals surface area contributed by atoms with Gasteiger partial charge in [0, 0.05) is 18.1 Å². The molecule has 0 unspecified atom stereocenters. The third-order valence-corrected chi connectivity index (χ3v) is 2.94. The normalized spacial score (nSPS) is 13.3. The molecule has 0 saturated heterocycles. The molecule has 0 fully saturated rings. The number of benzene rings is 1. The van der Waals surface area contributed by atoms with E-state index < -0.39 is 28.7 Å². The zero-order chi connectivity index (χ0) is 15.3. The average Bonchev–Trinajstić information content (AvgIpc) is 2.38. The van der Waals surface area contributed by atoms with Gasteiger partial charge in [0.05, 0.1) is 11.5 Å². The molecule has 7 heteroatoms. The van der Waals surface area contributed by atoms with Crippen LogP contribution in [0.4, 0.5) is 5.69 Å². The van der Waals surface area contributed by atoms with Crippen LogP contribution in [0.3, 0.4) is 0 Å². The fourth-order valence-corrected chi connectivity index (χ4v) is 1.84. The van der Waals surface area contributed by atoms with Gasteiger partial charge in [-0.2, -0.15) is 0 Å². The molecule has 0 radical (unpaired) electrons. The number of hydrogen-bond acceptors (Lipinski definition) is 5. The van der Waals surface area contributed by atoms with Crippen molar-refractivity contribution in [1.82, 2.24) is 0 Å². The summed E-state index contributed by atoms with van der Waals surface area (Å²) in [5.41, 5.74) is 0.431. The summed E-state index contributed by atoms with van der Waals surface area (Å²) >= 11 is 0. The van der Waals surface area contributed by atoms with Crippen LogP contribution in [0, 0.1) is 16.0 Å². The Morgan fingerprint density at radius 3 is 2.30 bits per heavy atom. The molecular weight excluding hydrogens is 266 g/mol. The van der Waals surface area contributed by atoms with Crippen LogP contribution in [0.2, 0.25) is 0 Å². The highest BCUT2D eigenvalue weighted by atomic mass is 16.6. The number of non-ortho nitro benzene ring substituents is 1. The van der Waals surface area contributed by atoms with E-state index in [2.05, 4.69) is 0 Å². The number of carbonyl (C=O) groups excluding carboxylic acids is 1. The Labute approximate surface area is 115 Å². The number of carboxylic acid groups (broad SMARTS) is 1. The lowest BCUT2D eigenvalue weighted by Crippen LogP contribution is -2.30. The van der Waals surface area contributed by atoms with Crippen molar-refractivity contribution in [2.45, 2.75) is 19.8 Å². The minimum Gasteiger partial charge on any atom is -0.481 e. The number of nitro groups is 1. The van der Waals surface area contributed by atoms with E-state index in [0.29, 0.717) is 5.56 Å². The van der Waals surface area contributed by atoms with Crippen molar-refractivity contribution >= 4 is 17.6 Å². The Balaban J connectivity index is 3.00. The predicted molar refractivity (Wildman–Crippen MR) is 69.3 cm³/mol. The lowest BCUT2D eigenvalue weighted by molar-refractivity contribution is -0.384. The number of aliphatic carboxylic acids is 1. The van der Waals surface area contributed by atoms with Crippen LogP contribution in [-0.2, 0) is 14.3 Å². The van der Waals surface area contributed by atoms with Crippen molar-refractivity contribution in [3.8, 4) is 0 Å². The van der Waals surface area contributed by atoms with Crippen LogP contribution in [-0.4, -0.2) is 28.6 Å². The molecular formula is C13H15NO6. The number of rotatable bonds is 6. The standard InChI is InChI=1S/C13H15NO6/c1-3-20-13(17)11(12(15)16)8(2)9-4-6-10(7-5-9)14(18)19/h4-8,11H,3H2,1-2H3,(H,15,16)/t8-,11+/m0/s1. The largest absolute Gasteiger partial charge is 0.481 e. The number of carboxylic acids is 1. The Morgan fingerprint density at radius 1 is 1.35 bits per heavy atom. The molecule has 0 saturated carbocycles. The number of hydrogen-bond donors (Lipinski definition) is 1. The maximum atomic E-state index is 11.7. The first kappa shape index (κ1) is 15.6. The first-order chi connectivity index (χ1) is 9.38. The number of carbonyl (C=O) groups is 2. The van der Waals surface area contributed by atoms with Crippen LogP contribution in [0.15, 0.2) is 24.3 Å². The Kier molecular flexibility index (Phi) is 5.19. The molecule has 0 spiro atoms. The molecule has 1 N–H and O–H groups in total. The molecule has 1 aromatic carbocycles. The van der Waals surface area contributed by atoms with Gasteiger partial charge in [0.25, 0.3) is 5.69 Å². The summed E-state index contributed by atoms with van der Waals surface area (Å²) in [4.78, 5) is 32.9. The first-order valence-electron chi connectivity index (χ1n) is 6.02. The van der Waals surface area contributed by atoms with Gasteiger partial charge in [-0.25, -0.2) is 0 Å². The van der Waals surface area contributed by atoms with Crippen molar-refractivity contribution in [2.75, 3.05) is 6.61 Å². The van der Waals surface area contributed by atoms with Crippen molar-refractivity contribution < 1.29 is 24.4 Å². The third-order valence-electron chi connectivity index (χ3n) is 2.94. The van der Waals surface area contributed by atoms with E-state index in [-0.39, 0.29) is 12.3 Å². The zero-order valence-corrected chi connectivity index (χ0v) is 11.1. The van der Waals surface area contributed by atoms with E-state index in [9.17, 15) is 19.7 Å². The van der Waals surface area contributed by atoms with Gasteiger partial charge >= 0.3 is 11.9 Å². The molecule has 0 heterocycles. The highest BCUT2D eigenvalue weighted by Crippen LogP contribution is 2.27. The summed E-state index contributed by atoms with van der Waals surface area (Å²) in [5.74, 6) is -4.08. The van der Waals surface area contributed by atoms with Gasteiger partial charge in [-0.05, 0) is 12.5 Å². The van der Waals surface area contributed by atoms with Gasteiger partial charge in [-0.3, -0.25) is 19.7 Å². The highest BCUT2D eigenvalue weighted by Gasteiger charge is 2.34. The highest BCUT2D eigenvalue weighted by molar-refractivity contribution is 5.95. The molecule has 0 bridgehead atoms. The zero-order valence-electron chi connectivity index (χ0n) is 11.1. The number of ether oxygens (including phenoxy) is 1. The fraction of sp³-hybridized carbons (Fsp3) is 0.385. The molecule has 108 valence electrons. The quantitative estimate of drug-likeness (QED) is 0.369. The van der Waals surface area contributed by atoms with Crippen molar-refractivity contribution in [1.29, 1.82) is 0 Å². The van der Waals surface area contributed by atoms with Crippen LogP contribution in [0.25, 0.3) is 0 Å². The summed E-state index contributed by atoms with van der Waals surface area (Å²) in [7, 11) is 0. The summed E-state index contributed by atoms with van der Waals surface area (Å²) in [6.45, 7) is 3.25. The van der Waals surface area contributed by atoms with Crippen LogP contribution < -0.4 is 0 Å². The van der Waals surface area contributed by atoms with Gasteiger partial charge in [0.1, 0.15) is 0 Å². The van der Waals surface area contributed by atoms with Gasteiger partial charge < -0.3 is 9.84 Å². The molecule has 1 rings (SSSR count). The van der Waals surface area contributed by atoms with E-state index >= 15 is 0 Å². The van der Waals surface area contributed by atoms with Gasteiger partial charge in [0.15, 0.2) is 5.92 Å². The second kappa shape index (κ2) is 6.65. The van der Waals surface area contributed by atoms with Crippen LogP contribution >= 0.6 is 0 Å². The maximum Gasteiger partial charge on any atom is 0.320 e. The van der Waals surface area contributed by atoms with Gasteiger partial charge in [0.2, 0.25) is 0 Å². The lowest BCUT2D eigenvalue weighted by atomic mass is 9.87. The molecule has 0 aliphatic rings. The predicted octanol–water partition coefficient (Wildman–Crippen LogP) is 1.96. The molecule has 2 atom stereocenters. The van der Waals surface area contributed by atoms with Crippen molar-refractivity contribution in [3.05, 3.63) is 39.9 Å². The van der Waals surface area contributed by atoms with Gasteiger partial charge in [-0.15, -0.1) is 0 Å². The molecule has 0 aliphatic carbocycles. The number of esters is 1. The maximum absolute atomic E-state index is 11.7. The van der Waals surface area contributed by atoms with Crippen LogP contribution in [0.5, 0.6) is 0 Å². The molecule has 7 nitrogen and oxygen atoms in total. The average molecular weight is 281 g/mol. The SMILES string of the molecule is CCOC(=O)[C@@H](C(=O)O)[C@@H](C)c1ccc([N+](=O)[O-])cc1. The molecule has 20 heavy (non-hydrogen) atoms. The minimum atomic E-state index is -1.34. The van der Waals surface area contributed by atoms with Crippen molar-refractivity contribution in [2.24, 2.45) is 5.92 Å². The molecule has 1 aromatic rings. The van der Waals surface area contributed by atoms with E-state index in [1.165, 1.54) is 24.3 Å². The molecule has 0 amide bonds. The Morgan fingerprint density at radius 2 is 1.90 bits per heavy atom. The summed E-state index contributed by atoms with van der Waals surface area (Å²) < 4.78 is 4.74. The van der Waals surface area contributed by atoms with Crippen LogP contribution in [0.1, 0.15) is 25.3 Å². The third kappa shape index (κ3) is 3.53. The second-order valence-electron chi connectivity index (χ2n) is 4.21. The smallest absolute Gasteiger partial charge is 0.320 e. The summed E-state index contributed by atoms with van der Waals surface area (Å²) in [5, 5.41) is 19.7. The fourth-order valence-electron chi connectivity index (χ4n) is 1.84. The minimum absolute atomic E-state index is 0.0929. The molecule has 0 aliphatic heterocycles. The summed E-state index contributed by atoms with van der Waals surface area (Å²) in [6, 6.07) is 5.43. The van der Waals surface area contributed by atoms with Crippen molar-refractivity contribution in [3.63, 3.8) is 0 Å². The first-order valence-corrected chi connectivity index (χ1v) is 6.02. The van der Waals surface area contributed by atoms with E-state index in [4.69, 9.17) is 9.84 Å². The Hall–Kier alpha value is -2.44. The topological polar surface area (TPSA) is 107 Å². The van der Waals surface area contributed by atoms with Gasteiger partial charge in [-0.1, -0.05) is 19.1 Å². The Bertz CT molecular complexity index is 510. The number of nitro benzene ring substituents is 1.